The summed E-state index contributed by atoms with van der Waals surface area (Å²) in [5.41, 5.74) is 2.70. The van der Waals surface area contributed by atoms with Gasteiger partial charge in [0, 0.05) is 44.7 Å². The first-order valence-electron chi connectivity index (χ1n) is 11.2. The maximum Gasteiger partial charge on any atom is 0.329 e. The van der Waals surface area contributed by atoms with E-state index in [1.807, 2.05) is 50.2 Å². The molecule has 0 radical (unpaired) electrons. The largest absolute Gasteiger partial charge is 0.343 e. The monoisotopic (exact) mass is 435 g/mol. The molecule has 0 bridgehead atoms. The molecule has 0 unspecified atom stereocenters. The number of anilines is 1. The van der Waals surface area contributed by atoms with Crippen LogP contribution in [-0.2, 0) is 22.7 Å². The average Bonchev–Trinajstić information content (AvgIpc) is 3.08. The van der Waals surface area contributed by atoms with E-state index in [1.54, 1.807) is 20.2 Å². The van der Waals surface area contributed by atoms with Crippen molar-refractivity contribution in [2.45, 2.75) is 46.2 Å². The number of likely N-dealkylation sites (tertiary alicyclic amines) is 1. The van der Waals surface area contributed by atoms with Gasteiger partial charge in [-0.05, 0) is 56.5 Å². The van der Waals surface area contributed by atoms with Gasteiger partial charge in [-0.25, -0.2) is 9.78 Å². The molecule has 1 N–H and O–H groups in total. The minimum absolute atomic E-state index is 0.0180. The number of hydrogen-bond donors (Lipinski definition) is 1. The Hall–Kier alpha value is -3.42. The van der Waals surface area contributed by atoms with Gasteiger partial charge in [-0.3, -0.25) is 18.7 Å². The lowest BCUT2D eigenvalue weighted by molar-refractivity contribution is -0.134. The predicted molar refractivity (Wildman–Crippen MR) is 123 cm³/mol. The second-order valence-corrected chi connectivity index (χ2v) is 8.28. The van der Waals surface area contributed by atoms with Crippen LogP contribution in [0.25, 0.3) is 11.0 Å². The maximum atomic E-state index is 12.8. The van der Waals surface area contributed by atoms with E-state index in [9.17, 15) is 14.4 Å². The van der Waals surface area contributed by atoms with Crippen LogP contribution in [0.3, 0.4) is 0 Å². The Morgan fingerprint density at radius 1 is 1.09 bits per heavy atom. The van der Waals surface area contributed by atoms with Crippen molar-refractivity contribution in [1.29, 1.82) is 0 Å². The molecule has 4 rings (SSSR count). The number of aryl methyl sites for hydroxylation is 3. The van der Waals surface area contributed by atoms with Crippen LogP contribution in [0.4, 0.5) is 5.82 Å². The van der Waals surface area contributed by atoms with E-state index in [-0.39, 0.29) is 29.8 Å². The van der Waals surface area contributed by atoms with Gasteiger partial charge < -0.3 is 10.2 Å². The summed E-state index contributed by atoms with van der Waals surface area (Å²) in [4.78, 5) is 44.1. The summed E-state index contributed by atoms with van der Waals surface area (Å²) in [6.07, 6.45) is 3.19. The van der Waals surface area contributed by atoms with Gasteiger partial charge in [0.05, 0.1) is 11.0 Å². The molecule has 8 heteroatoms. The van der Waals surface area contributed by atoms with E-state index in [0.717, 1.165) is 16.6 Å². The lowest BCUT2D eigenvalue weighted by Gasteiger charge is -2.31. The molecule has 3 heterocycles. The van der Waals surface area contributed by atoms with Crippen molar-refractivity contribution in [3.8, 4) is 0 Å². The molecule has 0 spiro atoms. The number of nitrogens with zero attached hydrogens (tertiary/aromatic N) is 4. The molecular formula is C24H29N5O3. The van der Waals surface area contributed by atoms with Gasteiger partial charge in [-0.2, -0.15) is 0 Å². The molecule has 1 fully saturated rings. The molecule has 1 aromatic carbocycles. The van der Waals surface area contributed by atoms with Gasteiger partial charge in [-0.1, -0.05) is 12.1 Å². The summed E-state index contributed by atoms with van der Waals surface area (Å²) in [5.74, 6) is 0.398. The zero-order valence-electron chi connectivity index (χ0n) is 18.6. The number of piperidine rings is 1. The number of benzene rings is 1. The van der Waals surface area contributed by atoms with Crippen molar-refractivity contribution in [2.75, 3.05) is 18.4 Å². The fraction of sp³-hybridized carbons (Fsp3) is 0.417. The Bertz CT molecular complexity index is 1190. The SMILES string of the molecule is CCn1c(=O)n(CCC(=O)N2CCC(C(=O)Nc3cc(C)ccn3)CC2)c2ccccc21. The first-order valence-corrected chi connectivity index (χ1v) is 11.2. The van der Waals surface area contributed by atoms with Crippen molar-refractivity contribution in [1.82, 2.24) is 19.0 Å². The third-order valence-corrected chi connectivity index (χ3v) is 6.18. The molecule has 168 valence electrons. The molecule has 2 aromatic heterocycles. The Kier molecular flexibility index (Phi) is 6.39. The van der Waals surface area contributed by atoms with E-state index in [4.69, 9.17) is 0 Å². The summed E-state index contributed by atoms with van der Waals surface area (Å²) < 4.78 is 3.42. The van der Waals surface area contributed by atoms with Crippen LogP contribution in [-0.4, -0.2) is 43.9 Å². The third kappa shape index (κ3) is 4.44. The van der Waals surface area contributed by atoms with E-state index in [2.05, 4.69) is 10.3 Å². The summed E-state index contributed by atoms with van der Waals surface area (Å²) in [6.45, 7) is 5.93. The standard InChI is InChI=1S/C24H29N5O3/c1-3-28-19-6-4-5-7-20(19)29(24(28)32)15-11-22(30)27-13-9-18(10-14-27)23(31)26-21-16-17(2)8-12-25-21/h4-8,12,16,18H,3,9-11,13-15H2,1-2H3,(H,25,26,31). The van der Waals surface area contributed by atoms with Crippen LogP contribution in [0.15, 0.2) is 47.4 Å². The minimum Gasteiger partial charge on any atom is -0.343 e. The Morgan fingerprint density at radius 3 is 2.44 bits per heavy atom. The molecule has 1 saturated heterocycles. The molecule has 8 nitrogen and oxygen atoms in total. The Labute approximate surface area is 186 Å². The molecular weight excluding hydrogens is 406 g/mol. The second-order valence-electron chi connectivity index (χ2n) is 8.28. The highest BCUT2D eigenvalue weighted by atomic mass is 16.2. The second kappa shape index (κ2) is 9.38. The number of imidazole rings is 1. The van der Waals surface area contributed by atoms with Gasteiger partial charge in [-0.15, -0.1) is 0 Å². The molecule has 32 heavy (non-hydrogen) atoms. The van der Waals surface area contributed by atoms with Crippen molar-refractivity contribution < 1.29 is 9.59 Å². The first kappa shape index (κ1) is 21.8. The van der Waals surface area contributed by atoms with Crippen molar-refractivity contribution in [3.05, 3.63) is 58.6 Å². The number of pyridine rings is 1. The quantitative estimate of drug-likeness (QED) is 0.645. The molecule has 0 aliphatic carbocycles. The maximum absolute atomic E-state index is 12.8. The van der Waals surface area contributed by atoms with Gasteiger partial charge in [0.15, 0.2) is 0 Å². The minimum atomic E-state index is -0.133. The zero-order chi connectivity index (χ0) is 22.7. The summed E-state index contributed by atoms with van der Waals surface area (Å²) >= 11 is 0. The van der Waals surface area contributed by atoms with E-state index in [1.165, 1.54) is 0 Å². The lowest BCUT2D eigenvalue weighted by Crippen LogP contribution is -2.42. The molecule has 0 atom stereocenters. The highest BCUT2D eigenvalue weighted by Crippen LogP contribution is 2.20. The molecule has 1 aliphatic heterocycles. The fourth-order valence-corrected chi connectivity index (χ4v) is 4.38. The molecule has 2 amide bonds. The first-order chi connectivity index (χ1) is 15.5. The van der Waals surface area contributed by atoms with Gasteiger partial charge in [0.2, 0.25) is 11.8 Å². The third-order valence-electron chi connectivity index (χ3n) is 6.18. The fourth-order valence-electron chi connectivity index (χ4n) is 4.38. The van der Waals surface area contributed by atoms with E-state index in [0.29, 0.717) is 44.8 Å². The number of aromatic nitrogens is 3. The van der Waals surface area contributed by atoms with Crippen molar-refractivity contribution in [3.63, 3.8) is 0 Å². The van der Waals surface area contributed by atoms with Crippen LogP contribution >= 0.6 is 0 Å². The average molecular weight is 436 g/mol. The highest BCUT2D eigenvalue weighted by Gasteiger charge is 2.27. The molecule has 1 aliphatic rings. The number of para-hydroxylation sites is 2. The van der Waals surface area contributed by atoms with Gasteiger partial charge >= 0.3 is 5.69 Å². The molecule has 0 saturated carbocycles. The number of rotatable bonds is 6. The summed E-state index contributed by atoms with van der Waals surface area (Å²) in [7, 11) is 0. The topological polar surface area (TPSA) is 89.2 Å². The van der Waals surface area contributed by atoms with Gasteiger partial charge in [0.1, 0.15) is 5.82 Å². The number of fused-ring (bicyclic) bond motifs is 1. The summed E-state index contributed by atoms with van der Waals surface area (Å²) in [6, 6.07) is 11.4. The Balaban J connectivity index is 1.33. The Morgan fingerprint density at radius 2 is 1.78 bits per heavy atom. The van der Waals surface area contributed by atoms with Crippen LogP contribution in [0.5, 0.6) is 0 Å². The number of amides is 2. The van der Waals surface area contributed by atoms with Crippen LogP contribution in [0, 0.1) is 12.8 Å². The zero-order valence-corrected chi connectivity index (χ0v) is 18.6. The van der Waals surface area contributed by atoms with Crippen LogP contribution < -0.4 is 11.0 Å². The number of carbonyl (C=O) groups excluding carboxylic acids is 2. The smallest absolute Gasteiger partial charge is 0.329 e. The molecule has 3 aromatic rings. The highest BCUT2D eigenvalue weighted by molar-refractivity contribution is 5.92. The van der Waals surface area contributed by atoms with Gasteiger partial charge in [0.25, 0.3) is 0 Å². The summed E-state index contributed by atoms with van der Waals surface area (Å²) in [5, 5.41) is 2.88. The lowest BCUT2D eigenvalue weighted by atomic mass is 9.95. The van der Waals surface area contributed by atoms with E-state index >= 15 is 0 Å². The predicted octanol–water partition coefficient (Wildman–Crippen LogP) is 2.79. The van der Waals surface area contributed by atoms with Crippen LogP contribution in [0.1, 0.15) is 31.7 Å². The number of nitrogens with one attached hydrogen (secondary N) is 1. The van der Waals surface area contributed by atoms with E-state index < -0.39 is 0 Å². The van der Waals surface area contributed by atoms with Crippen LogP contribution in [0.2, 0.25) is 0 Å². The normalized spacial score (nSPS) is 14.6. The van der Waals surface area contributed by atoms with Crippen molar-refractivity contribution >= 4 is 28.7 Å². The number of hydrogen-bond acceptors (Lipinski definition) is 4. The van der Waals surface area contributed by atoms with Crippen molar-refractivity contribution in [2.24, 2.45) is 5.92 Å². The number of carbonyl (C=O) groups is 2.